The molecule has 2 aromatic carbocycles. The summed E-state index contributed by atoms with van der Waals surface area (Å²) in [5, 5.41) is 2.78. The second-order valence-electron chi connectivity index (χ2n) is 6.38. The molecule has 2 rings (SSSR count). The van der Waals surface area contributed by atoms with Gasteiger partial charge >= 0.3 is 6.09 Å². The molecule has 0 radical (unpaired) electrons. The molecule has 0 aliphatic heterocycles. The van der Waals surface area contributed by atoms with Crippen LogP contribution in [0.3, 0.4) is 0 Å². The number of hydrogen-bond acceptors (Lipinski definition) is 2. The van der Waals surface area contributed by atoms with Gasteiger partial charge in [0.1, 0.15) is 5.60 Å². The second kappa shape index (κ2) is 6.65. The standard InChI is InChI=1S/C19H23NO2/c1-14(15-9-6-5-7-10-15)16-11-8-12-17(13-16)20-18(21)22-19(2,3)4/h5-14H,1-4H3,(H,20,21). The Hall–Kier alpha value is -2.29. The zero-order valence-electron chi connectivity index (χ0n) is 13.6. The van der Waals surface area contributed by atoms with Crippen molar-refractivity contribution in [3.05, 3.63) is 65.7 Å². The number of hydrogen-bond donors (Lipinski definition) is 1. The molecule has 0 saturated heterocycles. The van der Waals surface area contributed by atoms with E-state index in [2.05, 4.69) is 30.4 Å². The monoisotopic (exact) mass is 297 g/mol. The molecule has 0 bridgehead atoms. The Morgan fingerprint density at radius 2 is 1.64 bits per heavy atom. The van der Waals surface area contributed by atoms with Crippen LogP contribution in [-0.4, -0.2) is 11.7 Å². The van der Waals surface area contributed by atoms with Gasteiger partial charge in [0.15, 0.2) is 0 Å². The average Bonchev–Trinajstić information content (AvgIpc) is 2.45. The molecule has 0 aliphatic carbocycles. The molecule has 2 aromatic rings. The summed E-state index contributed by atoms with van der Waals surface area (Å²) < 4.78 is 5.28. The van der Waals surface area contributed by atoms with Crippen LogP contribution in [0.15, 0.2) is 54.6 Å². The Labute approximate surface area is 132 Å². The number of carbonyl (C=O) groups is 1. The third kappa shape index (κ3) is 4.62. The van der Waals surface area contributed by atoms with Gasteiger partial charge in [0.25, 0.3) is 0 Å². The van der Waals surface area contributed by atoms with E-state index in [1.807, 2.05) is 57.2 Å². The zero-order valence-corrected chi connectivity index (χ0v) is 13.6. The topological polar surface area (TPSA) is 38.3 Å². The van der Waals surface area contributed by atoms with Crippen LogP contribution in [0.2, 0.25) is 0 Å². The van der Waals surface area contributed by atoms with E-state index in [-0.39, 0.29) is 5.92 Å². The van der Waals surface area contributed by atoms with Crippen molar-refractivity contribution in [1.29, 1.82) is 0 Å². The summed E-state index contributed by atoms with van der Waals surface area (Å²) in [4.78, 5) is 11.8. The van der Waals surface area contributed by atoms with Crippen molar-refractivity contribution in [2.45, 2.75) is 39.2 Å². The summed E-state index contributed by atoms with van der Waals surface area (Å²) in [6.45, 7) is 7.70. The number of nitrogens with one attached hydrogen (secondary N) is 1. The van der Waals surface area contributed by atoms with E-state index < -0.39 is 11.7 Å². The summed E-state index contributed by atoms with van der Waals surface area (Å²) in [5.74, 6) is 0.265. The highest BCUT2D eigenvalue weighted by Crippen LogP contribution is 2.26. The van der Waals surface area contributed by atoms with E-state index >= 15 is 0 Å². The lowest BCUT2D eigenvalue weighted by Crippen LogP contribution is -2.27. The number of anilines is 1. The molecule has 0 heterocycles. The lowest BCUT2D eigenvalue weighted by Gasteiger charge is -2.20. The zero-order chi connectivity index (χ0) is 16.2. The first-order valence-corrected chi connectivity index (χ1v) is 7.50. The fourth-order valence-electron chi connectivity index (χ4n) is 2.24. The first-order chi connectivity index (χ1) is 10.3. The van der Waals surface area contributed by atoms with Crippen molar-refractivity contribution in [2.24, 2.45) is 0 Å². The van der Waals surface area contributed by atoms with Gasteiger partial charge in [-0.15, -0.1) is 0 Å². The van der Waals surface area contributed by atoms with Crippen molar-refractivity contribution in [3.8, 4) is 0 Å². The van der Waals surface area contributed by atoms with Gasteiger partial charge in [0.2, 0.25) is 0 Å². The molecule has 0 fully saturated rings. The molecule has 116 valence electrons. The van der Waals surface area contributed by atoms with Gasteiger partial charge in [0.05, 0.1) is 0 Å². The van der Waals surface area contributed by atoms with Crippen LogP contribution in [0.5, 0.6) is 0 Å². The van der Waals surface area contributed by atoms with Crippen molar-refractivity contribution in [3.63, 3.8) is 0 Å². The fraction of sp³-hybridized carbons (Fsp3) is 0.316. The minimum absolute atomic E-state index is 0.265. The van der Waals surface area contributed by atoms with E-state index in [9.17, 15) is 4.79 Å². The maximum atomic E-state index is 11.8. The van der Waals surface area contributed by atoms with E-state index in [1.54, 1.807) is 0 Å². The number of ether oxygens (including phenoxy) is 1. The van der Waals surface area contributed by atoms with Gasteiger partial charge in [-0.05, 0) is 44.0 Å². The number of carbonyl (C=O) groups excluding carboxylic acids is 1. The van der Waals surface area contributed by atoms with E-state index in [4.69, 9.17) is 4.74 Å². The highest BCUT2D eigenvalue weighted by atomic mass is 16.6. The van der Waals surface area contributed by atoms with Crippen molar-refractivity contribution < 1.29 is 9.53 Å². The maximum Gasteiger partial charge on any atom is 0.412 e. The van der Waals surface area contributed by atoms with E-state index in [1.165, 1.54) is 5.56 Å². The molecule has 1 N–H and O–H groups in total. The first kappa shape index (κ1) is 16.1. The molecule has 3 nitrogen and oxygen atoms in total. The van der Waals surface area contributed by atoms with Crippen LogP contribution in [0.25, 0.3) is 0 Å². The molecule has 1 atom stereocenters. The van der Waals surface area contributed by atoms with Gasteiger partial charge in [-0.2, -0.15) is 0 Å². The molecular weight excluding hydrogens is 274 g/mol. The number of amides is 1. The van der Waals surface area contributed by atoms with Gasteiger partial charge in [0, 0.05) is 11.6 Å². The minimum atomic E-state index is -0.501. The van der Waals surface area contributed by atoms with Gasteiger partial charge in [-0.3, -0.25) is 5.32 Å². The Morgan fingerprint density at radius 3 is 2.27 bits per heavy atom. The van der Waals surface area contributed by atoms with Crippen LogP contribution in [0.4, 0.5) is 10.5 Å². The third-order valence-electron chi connectivity index (χ3n) is 3.33. The van der Waals surface area contributed by atoms with E-state index in [0.717, 1.165) is 11.3 Å². The first-order valence-electron chi connectivity index (χ1n) is 7.50. The predicted octanol–water partition coefficient (Wildman–Crippen LogP) is 5.19. The van der Waals surface area contributed by atoms with Crippen LogP contribution < -0.4 is 5.32 Å². The minimum Gasteiger partial charge on any atom is -0.444 e. The smallest absolute Gasteiger partial charge is 0.412 e. The lowest BCUT2D eigenvalue weighted by atomic mass is 9.93. The van der Waals surface area contributed by atoms with Crippen molar-refractivity contribution in [1.82, 2.24) is 0 Å². The molecule has 1 unspecified atom stereocenters. The van der Waals surface area contributed by atoms with Crippen LogP contribution >= 0.6 is 0 Å². The number of rotatable bonds is 3. The average molecular weight is 297 g/mol. The third-order valence-corrected chi connectivity index (χ3v) is 3.33. The predicted molar refractivity (Wildman–Crippen MR) is 90.3 cm³/mol. The van der Waals surface area contributed by atoms with Crippen molar-refractivity contribution >= 4 is 11.8 Å². The molecule has 22 heavy (non-hydrogen) atoms. The summed E-state index contributed by atoms with van der Waals surface area (Å²) in [5.41, 5.74) is 2.64. The second-order valence-corrected chi connectivity index (χ2v) is 6.38. The summed E-state index contributed by atoms with van der Waals surface area (Å²) in [6.07, 6.45) is -0.433. The molecule has 0 spiro atoms. The van der Waals surface area contributed by atoms with Crippen LogP contribution in [0, 0.1) is 0 Å². The molecule has 1 amide bonds. The molecule has 3 heteroatoms. The Kier molecular flexibility index (Phi) is 4.86. The van der Waals surface area contributed by atoms with Crippen molar-refractivity contribution in [2.75, 3.05) is 5.32 Å². The van der Waals surface area contributed by atoms with Gasteiger partial charge in [-0.1, -0.05) is 49.4 Å². The SMILES string of the molecule is CC(c1ccccc1)c1cccc(NC(=O)OC(C)(C)C)c1. The van der Waals surface area contributed by atoms with Crippen LogP contribution in [-0.2, 0) is 4.74 Å². The molecule has 0 aliphatic rings. The Balaban J connectivity index is 2.12. The highest BCUT2D eigenvalue weighted by Gasteiger charge is 2.16. The molecule has 0 aromatic heterocycles. The molecule has 0 saturated carbocycles. The lowest BCUT2D eigenvalue weighted by molar-refractivity contribution is 0.0636. The molecular formula is C19H23NO2. The quantitative estimate of drug-likeness (QED) is 0.847. The Morgan fingerprint density at radius 1 is 1.00 bits per heavy atom. The van der Waals surface area contributed by atoms with Gasteiger partial charge < -0.3 is 4.74 Å². The fourth-order valence-corrected chi connectivity index (χ4v) is 2.24. The van der Waals surface area contributed by atoms with Crippen LogP contribution in [0.1, 0.15) is 44.7 Å². The summed E-state index contributed by atoms with van der Waals surface area (Å²) >= 11 is 0. The highest BCUT2D eigenvalue weighted by molar-refractivity contribution is 5.85. The van der Waals surface area contributed by atoms with Gasteiger partial charge in [-0.25, -0.2) is 4.79 Å². The largest absolute Gasteiger partial charge is 0.444 e. The summed E-state index contributed by atoms with van der Waals surface area (Å²) in [7, 11) is 0. The Bertz CT molecular complexity index is 629. The van der Waals surface area contributed by atoms with E-state index in [0.29, 0.717) is 0 Å². The maximum absolute atomic E-state index is 11.8. The normalized spacial score (nSPS) is 12.5. The summed E-state index contributed by atoms with van der Waals surface area (Å²) in [6, 6.07) is 18.2. The number of benzene rings is 2.